The van der Waals surface area contributed by atoms with Crippen LogP contribution in [0.3, 0.4) is 0 Å². The van der Waals surface area contributed by atoms with Crippen molar-refractivity contribution in [2.24, 2.45) is 5.92 Å². The normalized spacial score (nSPS) is 19.3. The molecule has 0 saturated carbocycles. The van der Waals surface area contributed by atoms with Crippen LogP contribution in [0.15, 0.2) is 48.2 Å². The average molecular weight is 431 g/mol. The van der Waals surface area contributed by atoms with Crippen LogP contribution >= 0.6 is 0 Å². The second-order valence-corrected chi connectivity index (χ2v) is 9.45. The fourth-order valence-corrected chi connectivity index (χ4v) is 4.97. The molecule has 0 spiro atoms. The Morgan fingerprint density at radius 1 is 1.00 bits per heavy atom. The molecule has 2 aromatic carbocycles. The number of anilines is 1. The molecule has 0 bridgehead atoms. The van der Waals surface area contributed by atoms with Crippen molar-refractivity contribution in [3.63, 3.8) is 0 Å². The van der Waals surface area contributed by atoms with Crippen molar-refractivity contribution in [1.29, 1.82) is 0 Å². The highest BCUT2D eigenvalue weighted by atomic mass is 16.2. The van der Waals surface area contributed by atoms with Gasteiger partial charge in [0.05, 0.1) is 11.3 Å². The minimum Gasteiger partial charge on any atom is -0.366 e. The molecule has 2 amide bonds. The van der Waals surface area contributed by atoms with E-state index in [0.29, 0.717) is 22.9 Å². The summed E-state index contributed by atoms with van der Waals surface area (Å²) in [5.41, 5.74) is 6.06. The molecule has 0 N–H and O–H groups in total. The monoisotopic (exact) mass is 430 g/mol. The first-order chi connectivity index (χ1) is 15.4. The predicted molar refractivity (Wildman–Crippen MR) is 130 cm³/mol. The molecule has 1 unspecified atom stereocenters. The molecule has 1 fully saturated rings. The van der Waals surface area contributed by atoms with Crippen LogP contribution in [-0.4, -0.2) is 29.8 Å². The lowest BCUT2D eigenvalue weighted by Gasteiger charge is -2.33. The molecule has 2 aromatic rings. The van der Waals surface area contributed by atoms with Gasteiger partial charge in [-0.3, -0.25) is 9.59 Å². The molecule has 0 radical (unpaired) electrons. The summed E-state index contributed by atoms with van der Waals surface area (Å²) in [4.78, 5) is 31.0. The van der Waals surface area contributed by atoms with Crippen molar-refractivity contribution in [3.05, 3.63) is 70.4 Å². The Bertz CT molecular complexity index is 1050. The van der Waals surface area contributed by atoms with Crippen molar-refractivity contribution >= 4 is 23.1 Å². The Morgan fingerprint density at radius 3 is 2.41 bits per heavy atom. The van der Waals surface area contributed by atoms with E-state index in [1.807, 2.05) is 50.2 Å². The highest BCUT2D eigenvalue weighted by Gasteiger charge is 2.43. The van der Waals surface area contributed by atoms with Gasteiger partial charge in [-0.2, -0.15) is 0 Å². The first-order valence-electron chi connectivity index (χ1n) is 11.9. The third kappa shape index (κ3) is 4.23. The zero-order chi connectivity index (χ0) is 22.8. The molecule has 0 aromatic heterocycles. The van der Waals surface area contributed by atoms with E-state index in [0.717, 1.165) is 61.9 Å². The van der Waals surface area contributed by atoms with Gasteiger partial charge in [-0.25, -0.2) is 4.90 Å². The number of likely N-dealkylation sites (tertiary alicyclic amines) is 1. The van der Waals surface area contributed by atoms with Crippen LogP contribution in [0, 0.1) is 19.8 Å². The Morgan fingerprint density at radius 2 is 1.75 bits per heavy atom. The number of piperidine rings is 1. The van der Waals surface area contributed by atoms with E-state index in [2.05, 4.69) is 24.8 Å². The van der Waals surface area contributed by atoms with Crippen molar-refractivity contribution in [2.75, 3.05) is 18.0 Å². The maximum absolute atomic E-state index is 13.8. The number of rotatable bonds is 6. The molecule has 2 heterocycles. The molecule has 4 heteroatoms. The van der Waals surface area contributed by atoms with E-state index in [1.54, 1.807) is 0 Å². The smallest absolute Gasteiger partial charge is 0.282 e. The van der Waals surface area contributed by atoms with Gasteiger partial charge < -0.3 is 4.90 Å². The number of hydrogen-bond donors (Lipinski definition) is 0. The maximum Gasteiger partial charge on any atom is 0.282 e. The number of aryl methyl sites for hydroxylation is 3. The van der Waals surface area contributed by atoms with E-state index >= 15 is 0 Å². The fraction of sp³-hybridized carbons (Fsp3) is 0.429. The summed E-state index contributed by atoms with van der Waals surface area (Å²) >= 11 is 0. The first-order valence-corrected chi connectivity index (χ1v) is 11.9. The molecular weight excluding hydrogens is 396 g/mol. The minimum absolute atomic E-state index is 0.194. The van der Waals surface area contributed by atoms with Crippen molar-refractivity contribution in [2.45, 2.75) is 59.8 Å². The summed E-state index contributed by atoms with van der Waals surface area (Å²) in [5.74, 6) is 0.100. The summed E-state index contributed by atoms with van der Waals surface area (Å²) < 4.78 is 0. The van der Waals surface area contributed by atoms with Gasteiger partial charge in [0.15, 0.2) is 0 Å². The van der Waals surface area contributed by atoms with Gasteiger partial charge in [0.25, 0.3) is 11.8 Å². The van der Waals surface area contributed by atoms with Gasteiger partial charge in [0.2, 0.25) is 0 Å². The minimum atomic E-state index is -0.212. The van der Waals surface area contributed by atoms with Crippen LogP contribution in [0.2, 0.25) is 0 Å². The molecular formula is C28H34N2O2. The number of unbranched alkanes of at least 4 members (excludes halogenated alkanes) is 1. The molecule has 168 valence electrons. The van der Waals surface area contributed by atoms with Gasteiger partial charge in [0, 0.05) is 13.1 Å². The molecule has 0 aliphatic carbocycles. The van der Waals surface area contributed by atoms with Crippen molar-refractivity contribution in [3.8, 4) is 0 Å². The summed E-state index contributed by atoms with van der Waals surface area (Å²) in [6.45, 7) is 10.1. The topological polar surface area (TPSA) is 40.6 Å². The SMILES string of the molecule is CCCCc1ccc(N2C(=O)C(c3ccc(C)cc3C)=C(N3CCCC(C)C3)C2=O)cc1. The molecule has 32 heavy (non-hydrogen) atoms. The van der Waals surface area contributed by atoms with Crippen LogP contribution in [0.5, 0.6) is 0 Å². The number of carbonyl (C=O) groups excluding carboxylic acids is 2. The maximum atomic E-state index is 13.8. The van der Waals surface area contributed by atoms with Crippen LogP contribution in [-0.2, 0) is 16.0 Å². The Kier molecular flexibility index (Phi) is 6.50. The Labute approximate surface area is 191 Å². The second-order valence-electron chi connectivity index (χ2n) is 9.45. The number of imide groups is 1. The number of carbonyl (C=O) groups is 2. The van der Waals surface area contributed by atoms with E-state index in [4.69, 9.17) is 0 Å². The molecule has 4 nitrogen and oxygen atoms in total. The number of hydrogen-bond acceptors (Lipinski definition) is 3. The summed E-state index contributed by atoms with van der Waals surface area (Å²) in [6, 6.07) is 14.0. The lowest BCUT2D eigenvalue weighted by Crippen LogP contribution is -2.39. The highest BCUT2D eigenvalue weighted by molar-refractivity contribution is 6.45. The van der Waals surface area contributed by atoms with Crippen LogP contribution in [0.25, 0.3) is 5.57 Å². The van der Waals surface area contributed by atoms with Crippen molar-refractivity contribution < 1.29 is 9.59 Å². The molecule has 2 aliphatic rings. The number of nitrogens with zero attached hydrogens (tertiary/aromatic N) is 2. The van der Waals surface area contributed by atoms with Gasteiger partial charge in [-0.15, -0.1) is 0 Å². The van der Waals surface area contributed by atoms with Crippen LogP contribution in [0.1, 0.15) is 61.8 Å². The highest BCUT2D eigenvalue weighted by Crippen LogP contribution is 2.37. The van der Waals surface area contributed by atoms with Gasteiger partial charge in [0.1, 0.15) is 5.70 Å². The summed E-state index contributed by atoms with van der Waals surface area (Å²) in [5, 5.41) is 0. The van der Waals surface area contributed by atoms with Gasteiger partial charge in [-0.05, 0) is 74.3 Å². The lowest BCUT2D eigenvalue weighted by atomic mass is 9.95. The molecule has 1 atom stereocenters. The third-order valence-corrected chi connectivity index (χ3v) is 6.70. The predicted octanol–water partition coefficient (Wildman–Crippen LogP) is 5.66. The molecule has 4 rings (SSSR count). The summed E-state index contributed by atoms with van der Waals surface area (Å²) in [7, 11) is 0. The van der Waals surface area contributed by atoms with Crippen molar-refractivity contribution in [1.82, 2.24) is 4.90 Å². The van der Waals surface area contributed by atoms with E-state index in [-0.39, 0.29) is 11.8 Å². The zero-order valence-electron chi connectivity index (χ0n) is 19.8. The quantitative estimate of drug-likeness (QED) is 0.555. The Hall–Kier alpha value is -2.88. The Balaban J connectivity index is 1.76. The van der Waals surface area contributed by atoms with E-state index < -0.39 is 0 Å². The molecule has 2 aliphatic heterocycles. The second kappa shape index (κ2) is 9.32. The van der Waals surface area contributed by atoms with Gasteiger partial charge >= 0.3 is 0 Å². The average Bonchev–Trinajstić information content (AvgIpc) is 3.03. The fourth-order valence-electron chi connectivity index (χ4n) is 4.97. The van der Waals surface area contributed by atoms with Gasteiger partial charge in [-0.1, -0.05) is 56.2 Å². The summed E-state index contributed by atoms with van der Waals surface area (Å²) in [6.07, 6.45) is 5.50. The number of benzene rings is 2. The largest absolute Gasteiger partial charge is 0.366 e. The standard InChI is InChI=1S/C28H34N2O2/c1-5-6-9-22-11-13-23(14-12-22)30-27(31)25(24-15-10-19(2)17-21(24)4)26(28(30)32)29-16-7-8-20(3)18-29/h10-15,17,20H,5-9,16,18H2,1-4H3. The molecule has 1 saturated heterocycles. The van der Waals surface area contributed by atoms with E-state index in [9.17, 15) is 9.59 Å². The van der Waals surface area contributed by atoms with Crippen LogP contribution < -0.4 is 4.90 Å². The zero-order valence-corrected chi connectivity index (χ0v) is 19.8. The van der Waals surface area contributed by atoms with Crippen LogP contribution in [0.4, 0.5) is 5.69 Å². The first kappa shape index (κ1) is 22.3. The lowest BCUT2D eigenvalue weighted by molar-refractivity contribution is -0.120. The third-order valence-electron chi connectivity index (χ3n) is 6.70. The van der Waals surface area contributed by atoms with E-state index in [1.165, 1.54) is 10.5 Å². The number of amides is 2.